The molecule has 0 spiro atoms. The van der Waals surface area contributed by atoms with Gasteiger partial charge in [-0.05, 0) is 55.8 Å². The average molecular weight is 341 g/mol. The molecule has 2 aromatic rings. The van der Waals surface area contributed by atoms with Crippen molar-refractivity contribution in [1.82, 2.24) is 15.2 Å². The lowest BCUT2D eigenvalue weighted by atomic mass is 10.0. The summed E-state index contributed by atoms with van der Waals surface area (Å²) in [5.74, 6) is 0.461. The van der Waals surface area contributed by atoms with Gasteiger partial charge in [0.25, 0.3) is 11.5 Å². The Kier molecular flexibility index (Phi) is 5.50. The summed E-state index contributed by atoms with van der Waals surface area (Å²) < 4.78 is 5.22. The number of hydrogen-bond acceptors (Lipinski definition) is 4. The first kappa shape index (κ1) is 17.2. The van der Waals surface area contributed by atoms with E-state index in [1.807, 2.05) is 24.3 Å². The molecule has 0 saturated carbocycles. The molecule has 1 fully saturated rings. The quantitative estimate of drug-likeness (QED) is 0.842. The summed E-state index contributed by atoms with van der Waals surface area (Å²) in [7, 11) is 1.64. The molecule has 2 N–H and O–H groups in total. The van der Waals surface area contributed by atoms with Gasteiger partial charge in [-0.25, -0.2) is 0 Å². The van der Waals surface area contributed by atoms with E-state index in [2.05, 4.69) is 15.2 Å². The molecule has 1 amide bonds. The van der Waals surface area contributed by atoms with Crippen molar-refractivity contribution in [1.29, 1.82) is 0 Å². The first-order chi connectivity index (χ1) is 12.2. The number of ether oxygens (including phenoxy) is 1. The SMILES string of the molecule is COc1ccc(C(CNC(=O)c2ccc[nH]c2=O)N2CCCC2)cc1. The van der Waals surface area contributed by atoms with Gasteiger partial charge in [0, 0.05) is 12.7 Å². The number of aromatic nitrogens is 1. The Hall–Kier alpha value is -2.60. The number of pyridine rings is 1. The third-order valence-electron chi connectivity index (χ3n) is 4.60. The molecule has 0 radical (unpaired) electrons. The third kappa shape index (κ3) is 4.09. The molecule has 1 unspecified atom stereocenters. The van der Waals surface area contributed by atoms with E-state index in [4.69, 9.17) is 4.74 Å². The molecule has 25 heavy (non-hydrogen) atoms. The minimum absolute atomic E-state index is 0.0835. The van der Waals surface area contributed by atoms with E-state index in [0.717, 1.165) is 24.4 Å². The second-order valence-corrected chi connectivity index (χ2v) is 6.15. The fourth-order valence-corrected chi connectivity index (χ4v) is 3.22. The van der Waals surface area contributed by atoms with Crippen LogP contribution in [-0.4, -0.2) is 42.5 Å². The number of aromatic amines is 1. The van der Waals surface area contributed by atoms with E-state index in [9.17, 15) is 9.59 Å². The van der Waals surface area contributed by atoms with Gasteiger partial charge in [-0.15, -0.1) is 0 Å². The predicted octanol–water partition coefficient (Wildman–Crippen LogP) is 1.95. The van der Waals surface area contributed by atoms with Gasteiger partial charge in [0.1, 0.15) is 11.3 Å². The molecule has 132 valence electrons. The number of amides is 1. The van der Waals surface area contributed by atoms with Gasteiger partial charge in [0.15, 0.2) is 0 Å². The van der Waals surface area contributed by atoms with Gasteiger partial charge >= 0.3 is 0 Å². The number of nitrogens with zero attached hydrogens (tertiary/aromatic N) is 1. The van der Waals surface area contributed by atoms with Crippen LogP contribution in [0.2, 0.25) is 0 Å². The second-order valence-electron chi connectivity index (χ2n) is 6.15. The minimum Gasteiger partial charge on any atom is -0.497 e. The van der Waals surface area contributed by atoms with Crippen molar-refractivity contribution in [2.24, 2.45) is 0 Å². The molecule has 1 aliphatic rings. The summed E-state index contributed by atoms with van der Waals surface area (Å²) in [5.41, 5.74) is 0.893. The largest absolute Gasteiger partial charge is 0.497 e. The van der Waals surface area contributed by atoms with Gasteiger partial charge in [0.2, 0.25) is 0 Å². The van der Waals surface area contributed by atoms with E-state index in [-0.39, 0.29) is 23.1 Å². The Labute approximate surface area is 146 Å². The monoisotopic (exact) mass is 341 g/mol. The summed E-state index contributed by atoms with van der Waals surface area (Å²) in [6.07, 6.45) is 3.85. The van der Waals surface area contributed by atoms with Crippen molar-refractivity contribution in [3.05, 3.63) is 64.1 Å². The topological polar surface area (TPSA) is 74.4 Å². The molecule has 3 rings (SSSR count). The van der Waals surface area contributed by atoms with Crippen molar-refractivity contribution in [2.75, 3.05) is 26.7 Å². The van der Waals surface area contributed by atoms with E-state index in [0.29, 0.717) is 6.54 Å². The Morgan fingerprint density at radius 3 is 2.60 bits per heavy atom. The smallest absolute Gasteiger partial charge is 0.260 e. The van der Waals surface area contributed by atoms with Crippen LogP contribution >= 0.6 is 0 Å². The highest BCUT2D eigenvalue weighted by atomic mass is 16.5. The van der Waals surface area contributed by atoms with Crippen molar-refractivity contribution in [2.45, 2.75) is 18.9 Å². The molecule has 1 saturated heterocycles. The average Bonchev–Trinajstić information content (AvgIpc) is 3.17. The maximum atomic E-state index is 12.3. The summed E-state index contributed by atoms with van der Waals surface area (Å²) in [5, 5.41) is 2.91. The summed E-state index contributed by atoms with van der Waals surface area (Å²) in [6, 6.07) is 11.2. The standard InChI is InChI=1S/C19H23N3O3/c1-25-15-8-6-14(7-9-15)17(22-11-2-3-12-22)13-21-19(24)16-5-4-10-20-18(16)23/h4-10,17H,2-3,11-13H2,1H3,(H,20,23)(H,21,24). The van der Waals surface area contributed by atoms with E-state index < -0.39 is 0 Å². The maximum absolute atomic E-state index is 12.3. The van der Waals surface area contributed by atoms with Crippen molar-refractivity contribution >= 4 is 5.91 Å². The lowest BCUT2D eigenvalue weighted by Gasteiger charge is -2.28. The number of methoxy groups -OCH3 is 1. The number of benzene rings is 1. The Morgan fingerprint density at radius 1 is 1.24 bits per heavy atom. The number of carbonyl (C=O) groups excluding carboxylic acids is 1. The molecule has 2 heterocycles. The molecule has 6 nitrogen and oxygen atoms in total. The van der Waals surface area contributed by atoms with Crippen LogP contribution in [0.3, 0.4) is 0 Å². The zero-order chi connectivity index (χ0) is 17.6. The van der Waals surface area contributed by atoms with Crippen molar-refractivity contribution in [3.8, 4) is 5.75 Å². The van der Waals surface area contributed by atoms with Crippen LogP contribution in [0.1, 0.15) is 34.8 Å². The Morgan fingerprint density at radius 2 is 1.96 bits per heavy atom. The Bertz CT molecular complexity index is 764. The molecule has 0 bridgehead atoms. The van der Waals surface area contributed by atoms with Crippen LogP contribution in [0.4, 0.5) is 0 Å². The lowest BCUT2D eigenvalue weighted by molar-refractivity contribution is 0.0936. The molecule has 1 aromatic carbocycles. The van der Waals surface area contributed by atoms with Crippen molar-refractivity contribution in [3.63, 3.8) is 0 Å². The number of rotatable bonds is 6. The molecule has 1 aliphatic heterocycles. The zero-order valence-corrected chi connectivity index (χ0v) is 14.3. The van der Waals surface area contributed by atoms with Gasteiger partial charge < -0.3 is 15.0 Å². The molecule has 6 heteroatoms. The zero-order valence-electron chi connectivity index (χ0n) is 14.3. The van der Waals surface area contributed by atoms with E-state index >= 15 is 0 Å². The molecule has 0 aliphatic carbocycles. The van der Waals surface area contributed by atoms with Crippen LogP contribution in [0, 0.1) is 0 Å². The summed E-state index contributed by atoms with van der Waals surface area (Å²) in [4.78, 5) is 29.0. The fraction of sp³-hybridized carbons (Fsp3) is 0.368. The predicted molar refractivity (Wildman–Crippen MR) is 95.9 cm³/mol. The number of carbonyl (C=O) groups is 1. The second kappa shape index (κ2) is 7.98. The summed E-state index contributed by atoms with van der Waals surface area (Å²) in [6.45, 7) is 2.48. The van der Waals surface area contributed by atoms with Gasteiger partial charge in [-0.2, -0.15) is 0 Å². The van der Waals surface area contributed by atoms with Crippen LogP contribution in [0.5, 0.6) is 5.75 Å². The van der Waals surface area contributed by atoms with Gasteiger partial charge in [0.05, 0.1) is 13.2 Å². The Balaban J connectivity index is 1.74. The first-order valence-corrected chi connectivity index (χ1v) is 8.53. The maximum Gasteiger partial charge on any atom is 0.260 e. The molecule has 1 aromatic heterocycles. The molecular formula is C19H23N3O3. The van der Waals surface area contributed by atoms with Gasteiger partial charge in [-0.1, -0.05) is 12.1 Å². The number of H-pyrrole nitrogens is 1. The first-order valence-electron chi connectivity index (χ1n) is 8.53. The minimum atomic E-state index is -0.373. The van der Waals surface area contributed by atoms with Crippen LogP contribution < -0.4 is 15.6 Å². The highest BCUT2D eigenvalue weighted by Gasteiger charge is 2.24. The van der Waals surface area contributed by atoms with Crippen LogP contribution in [-0.2, 0) is 0 Å². The molecular weight excluding hydrogens is 318 g/mol. The molecule has 1 atom stereocenters. The summed E-state index contributed by atoms with van der Waals surface area (Å²) >= 11 is 0. The van der Waals surface area contributed by atoms with E-state index in [1.165, 1.54) is 25.1 Å². The third-order valence-corrected chi connectivity index (χ3v) is 4.60. The van der Waals surface area contributed by atoms with Gasteiger partial charge in [-0.3, -0.25) is 14.5 Å². The normalized spacial score (nSPS) is 15.7. The lowest BCUT2D eigenvalue weighted by Crippen LogP contribution is -2.38. The van der Waals surface area contributed by atoms with Crippen LogP contribution in [0.25, 0.3) is 0 Å². The fourth-order valence-electron chi connectivity index (χ4n) is 3.22. The van der Waals surface area contributed by atoms with Crippen LogP contribution in [0.15, 0.2) is 47.4 Å². The highest BCUT2D eigenvalue weighted by molar-refractivity contribution is 5.93. The number of likely N-dealkylation sites (tertiary alicyclic amines) is 1. The van der Waals surface area contributed by atoms with E-state index in [1.54, 1.807) is 13.2 Å². The van der Waals surface area contributed by atoms with Crippen molar-refractivity contribution < 1.29 is 9.53 Å². The number of hydrogen-bond donors (Lipinski definition) is 2. The number of nitrogens with one attached hydrogen (secondary N) is 2. The highest BCUT2D eigenvalue weighted by Crippen LogP contribution is 2.26.